The average molecular weight is 502 g/mol. The van der Waals surface area contributed by atoms with E-state index in [1.54, 1.807) is 16.8 Å². The fourth-order valence-electron chi connectivity index (χ4n) is 5.83. The maximum absolute atomic E-state index is 14.0. The van der Waals surface area contributed by atoms with E-state index in [4.69, 9.17) is 9.72 Å². The van der Waals surface area contributed by atoms with E-state index in [-0.39, 0.29) is 48.4 Å². The number of carbonyl (C=O) groups excluding carboxylic acids is 1. The van der Waals surface area contributed by atoms with Crippen molar-refractivity contribution in [3.05, 3.63) is 29.7 Å². The number of thiol groups is 1. The number of alkyl halides is 4. The van der Waals surface area contributed by atoms with Crippen molar-refractivity contribution in [3.63, 3.8) is 0 Å². The summed E-state index contributed by atoms with van der Waals surface area (Å²) in [6.45, 7) is 0.505. The minimum Gasteiger partial charge on any atom is -0.382 e. The van der Waals surface area contributed by atoms with Crippen molar-refractivity contribution in [1.29, 1.82) is 0 Å². The highest BCUT2D eigenvalue weighted by Gasteiger charge is 2.65. The predicted molar refractivity (Wildman–Crippen MR) is 118 cm³/mol. The number of rotatable bonds is 7. The van der Waals surface area contributed by atoms with Crippen LogP contribution in [0, 0.1) is 17.8 Å². The molecule has 5 rings (SSSR count). The molecule has 1 unspecified atom stereocenters. The third-order valence-corrected chi connectivity index (χ3v) is 7.67. The summed E-state index contributed by atoms with van der Waals surface area (Å²) in [4.78, 5) is 18.1. The second kappa shape index (κ2) is 8.25. The zero-order valence-corrected chi connectivity index (χ0v) is 19.7. The second-order valence-corrected chi connectivity index (χ2v) is 10.6. The van der Waals surface area contributed by atoms with Crippen LogP contribution in [-0.4, -0.2) is 69.4 Å². The molecule has 0 bridgehead atoms. The number of carbonyl (C=O) groups is 1. The number of urea groups is 1. The largest absolute Gasteiger partial charge is 0.382 e. The first kappa shape index (κ1) is 23.7. The quantitative estimate of drug-likeness (QED) is 0.448. The Bertz CT molecular complexity index is 1080. The van der Waals surface area contributed by atoms with Crippen molar-refractivity contribution in [3.8, 4) is 0 Å². The van der Waals surface area contributed by atoms with Gasteiger partial charge in [-0.05, 0) is 23.8 Å². The standard InChI is InChI=1S/C22H27F4N5O2S/c1-11(34)18(19-13-4-21(23,24)5-14(13)19)15-7-31-17(29-15)3-12(6-28-31)16(8-33-2)30-10-22(25,26)9-27-20(30)32/h3,6-7,11,13-14,16,18-19,34H,4-5,8-10H2,1-2H3,(H,27,32)/t11-,13-,14+,16+,18+,19?/m0/s1. The minimum atomic E-state index is -3.06. The van der Waals surface area contributed by atoms with Gasteiger partial charge in [0.15, 0.2) is 5.65 Å². The summed E-state index contributed by atoms with van der Waals surface area (Å²) < 4.78 is 62.2. The van der Waals surface area contributed by atoms with Crippen LogP contribution in [0.3, 0.4) is 0 Å². The van der Waals surface area contributed by atoms with Crippen molar-refractivity contribution in [2.75, 3.05) is 26.8 Å². The molecule has 0 spiro atoms. The van der Waals surface area contributed by atoms with Crippen LogP contribution in [0.1, 0.15) is 43.0 Å². The number of imidazole rings is 1. The smallest absolute Gasteiger partial charge is 0.318 e. The maximum atomic E-state index is 14.0. The number of nitrogens with one attached hydrogen (secondary N) is 1. The Morgan fingerprint density at radius 1 is 1.26 bits per heavy atom. The first-order valence-electron chi connectivity index (χ1n) is 11.3. The maximum Gasteiger partial charge on any atom is 0.318 e. The van der Waals surface area contributed by atoms with E-state index in [9.17, 15) is 22.4 Å². The van der Waals surface area contributed by atoms with Gasteiger partial charge in [0, 0.05) is 36.7 Å². The van der Waals surface area contributed by atoms with Gasteiger partial charge in [-0.2, -0.15) is 17.7 Å². The number of fused-ring (bicyclic) bond motifs is 2. The first-order chi connectivity index (χ1) is 16.0. The molecular weight excluding hydrogens is 474 g/mol. The summed E-state index contributed by atoms with van der Waals surface area (Å²) >= 11 is 4.63. The molecule has 0 aromatic carbocycles. The van der Waals surface area contributed by atoms with E-state index in [2.05, 4.69) is 23.0 Å². The number of ether oxygens (including phenoxy) is 1. The highest BCUT2D eigenvalue weighted by atomic mass is 32.1. The molecule has 7 nitrogen and oxygen atoms in total. The van der Waals surface area contributed by atoms with E-state index in [1.165, 1.54) is 13.3 Å². The Morgan fingerprint density at radius 2 is 1.97 bits per heavy atom. The fraction of sp³-hybridized carbons (Fsp3) is 0.682. The highest BCUT2D eigenvalue weighted by molar-refractivity contribution is 7.81. The van der Waals surface area contributed by atoms with E-state index >= 15 is 0 Å². The van der Waals surface area contributed by atoms with Crippen LogP contribution < -0.4 is 5.32 Å². The van der Waals surface area contributed by atoms with Gasteiger partial charge in [-0.3, -0.25) is 0 Å². The Morgan fingerprint density at radius 3 is 2.62 bits per heavy atom. The van der Waals surface area contributed by atoms with Crippen molar-refractivity contribution in [2.24, 2.45) is 17.8 Å². The van der Waals surface area contributed by atoms with Gasteiger partial charge >= 0.3 is 6.03 Å². The fourth-order valence-corrected chi connectivity index (χ4v) is 6.18. The molecule has 2 amide bonds. The van der Waals surface area contributed by atoms with Crippen molar-refractivity contribution < 1.29 is 27.1 Å². The summed E-state index contributed by atoms with van der Waals surface area (Å²) in [6.07, 6.45) is 3.11. The molecule has 34 heavy (non-hydrogen) atoms. The van der Waals surface area contributed by atoms with Gasteiger partial charge in [-0.25, -0.2) is 31.9 Å². The molecule has 2 aliphatic carbocycles. The van der Waals surface area contributed by atoms with Gasteiger partial charge < -0.3 is 15.0 Å². The van der Waals surface area contributed by atoms with Crippen molar-refractivity contribution in [1.82, 2.24) is 24.8 Å². The molecule has 3 aliphatic rings. The SMILES string of the molecule is COC[C@H](c1cnn2cc([C@H](C3[C@H]4CC(F)(F)C[C@@H]34)[C@H](C)S)nc2c1)N1CC(F)(F)CNC1=O. The molecule has 0 radical (unpaired) electrons. The molecular formula is C22H27F4N5O2S. The summed E-state index contributed by atoms with van der Waals surface area (Å²) in [6, 6.07) is 0.318. The van der Waals surface area contributed by atoms with Gasteiger partial charge in [0.1, 0.15) is 0 Å². The summed E-state index contributed by atoms with van der Waals surface area (Å²) in [7, 11) is 1.43. The molecule has 12 heteroatoms. The molecule has 3 fully saturated rings. The third-order valence-electron chi connectivity index (χ3n) is 7.35. The molecule has 2 aromatic heterocycles. The van der Waals surface area contributed by atoms with Crippen LogP contribution in [0.4, 0.5) is 22.4 Å². The molecule has 186 valence electrons. The van der Waals surface area contributed by atoms with Crippen molar-refractivity contribution >= 4 is 24.3 Å². The molecule has 1 N–H and O–H groups in total. The lowest BCUT2D eigenvalue weighted by Gasteiger charge is -2.38. The van der Waals surface area contributed by atoms with Gasteiger partial charge in [0.2, 0.25) is 5.92 Å². The highest BCUT2D eigenvalue weighted by Crippen LogP contribution is 2.67. The lowest BCUT2D eigenvalue weighted by Crippen LogP contribution is -2.58. The predicted octanol–water partition coefficient (Wildman–Crippen LogP) is 3.77. The Hall–Kier alpha value is -2.08. The molecule has 1 saturated heterocycles. The van der Waals surface area contributed by atoms with Gasteiger partial charge in [-0.1, -0.05) is 6.92 Å². The Kier molecular flexibility index (Phi) is 5.74. The minimum absolute atomic E-state index is 0.00483. The second-order valence-electron chi connectivity index (χ2n) is 9.81. The number of aromatic nitrogens is 3. The molecule has 2 saturated carbocycles. The lowest BCUT2D eigenvalue weighted by atomic mass is 9.91. The number of amides is 2. The van der Waals surface area contributed by atoms with Crippen LogP contribution >= 0.6 is 12.6 Å². The third kappa shape index (κ3) is 4.23. The number of halogens is 4. The van der Waals surface area contributed by atoms with E-state index in [0.717, 1.165) is 10.6 Å². The van der Waals surface area contributed by atoms with Crippen LogP contribution in [0.2, 0.25) is 0 Å². The van der Waals surface area contributed by atoms with Gasteiger partial charge in [0.25, 0.3) is 5.92 Å². The monoisotopic (exact) mass is 501 g/mol. The Balaban J connectivity index is 1.43. The van der Waals surface area contributed by atoms with Crippen LogP contribution in [0.25, 0.3) is 5.65 Å². The van der Waals surface area contributed by atoms with Gasteiger partial charge in [0.05, 0.1) is 43.8 Å². The Labute approximate surface area is 199 Å². The number of nitrogens with zero attached hydrogens (tertiary/aromatic N) is 4. The zero-order valence-electron chi connectivity index (χ0n) is 18.8. The normalized spacial score (nSPS) is 30.0. The summed E-state index contributed by atoms with van der Waals surface area (Å²) in [5.74, 6) is -5.67. The summed E-state index contributed by atoms with van der Waals surface area (Å²) in [5.41, 5.74) is 1.71. The zero-order chi connectivity index (χ0) is 24.4. The van der Waals surface area contributed by atoms with Crippen LogP contribution in [-0.2, 0) is 4.74 Å². The van der Waals surface area contributed by atoms with Gasteiger partial charge in [-0.15, -0.1) is 0 Å². The van der Waals surface area contributed by atoms with E-state index < -0.39 is 37.0 Å². The first-order valence-corrected chi connectivity index (χ1v) is 11.8. The molecule has 1 aliphatic heterocycles. The topological polar surface area (TPSA) is 71.8 Å². The average Bonchev–Trinajstić information content (AvgIpc) is 3.09. The number of hydrogen-bond donors (Lipinski definition) is 2. The van der Waals surface area contributed by atoms with Crippen molar-refractivity contribution in [2.45, 2.75) is 48.8 Å². The van der Waals surface area contributed by atoms with E-state index in [0.29, 0.717) is 11.2 Å². The summed E-state index contributed by atoms with van der Waals surface area (Å²) in [5, 5.41) is 6.52. The molecule has 6 atom stereocenters. The molecule has 2 aromatic rings. The number of methoxy groups -OCH3 is 1. The van der Waals surface area contributed by atoms with E-state index in [1.807, 2.05) is 6.92 Å². The van der Waals surface area contributed by atoms with Crippen LogP contribution in [0.15, 0.2) is 18.5 Å². The molecule has 3 heterocycles. The lowest BCUT2D eigenvalue weighted by molar-refractivity contribution is -0.0509. The van der Waals surface area contributed by atoms with Crippen LogP contribution in [0.5, 0.6) is 0 Å². The number of hydrogen-bond acceptors (Lipinski definition) is 5.